The Morgan fingerprint density at radius 1 is 1.40 bits per heavy atom. The molecule has 5 nitrogen and oxygen atoms in total. The Hall–Kier alpha value is -1.94. The smallest absolute Gasteiger partial charge is 0.242 e. The molecule has 0 saturated carbocycles. The van der Waals surface area contributed by atoms with Crippen LogP contribution in [0.1, 0.15) is 19.8 Å². The Morgan fingerprint density at radius 2 is 2.00 bits per heavy atom. The van der Waals surface area contributed by atoms with E-state index in [1.165, 1.54) is 31.2 Å². The average molecular weight is 298 g/mol. The number of unbranched alkanes of at least 4 members (excludes halogenated alkanes) is 1. The van der Waals surface area contributed by atoms with Crippen LogP contribution in [0, 0.1) is 17.1 Å². The van der Waals surface area contributed by atoms with Crippen LogP contribution in [0.3, 0.4) is 0 Å². The third kappa shape index (κ3) is 4.63. The molecule has 0 aliphatic carbocycles. The third-order valence-corrected chi connectivity index (χ3v) is 4.89. The summed E-state index contributed by atoms with van der Waals surface area (Å²) < 4.78 is 36.4. The molecule has 0 fully saturated rings. The molecule has 0 aromatic heterocycles. The summed E-state index contributed by atoms with van der Waals surface area (Å²) in [6.07, 6.45) is 0.332. The van der Waals surface area contributed by atoms with Crippen molar-refractivity contribution in [1.82, 2.24) is 0 Å². The highest BCUT2D eigenvalue weighted by Crippen LogP contribution is 2.12. The van der Waals surface area contributed by atoms with Crippen molar-refractivity contribution in [3.8, 4) is 6.07 Å². The minimum atomic E-state index is -3.60. The molecule has 108 valence electrons. The minimum Gasteiger partial charge on any atom is -0.325 e. The number of halogens is 1. The zero-order valence-corrected chi connectivity index (χ0v) is 11.8. The van der Waals surface area contributed by atoms with Gasteiger partial charge in [-0.3, -0.25) is 4.79 Å². The number of nitrogens with one attached hydrogen (secondary N) is 1. The quantitative estimate of drug-likeness (QED) is 0.812. The van der Waals surface area contributed by atoms with E-state index in [4.69, 9.17) is 5.26 Å². The normalized spacial score (nSPS) is 12.4. The molecule has 1 unspecified atom stereocenters. The second kappa shape index (κ2) is 7.01. The molecule has 0 spiro atoms. The number of carbonyl (C=O) groups is 1. The van der Waals surface area contributed by atoms with E-state index in [9.17, 15) is 17.6 Å². The number of benzene rings is 1. The second-order valence-corrected chi connectivity index (χ2v) is 6.71. The Morgan fingerprint density at radius 3 is 2.55 bits per heavy atom. The first-order valence-corrected chi connectivity index (χ1v) is 7.73. The fraction of sp³-hybridized carbons (Fsp3) is 0.385. The van der Waals surface area contributed by atoms with E-state index in [0.29, 0.717) is 5.69 Å². The van der Waals surface area contributed by atoms with Gasteiger partial charge in [0.05, 0.1) is 11.8 Å². The molecule has 0 aliphatic rings. The van der Waals surface area contributed by atoms with Crippen molar-refractivity contribution in [2.75, 3.05) is 11.1 Å². The van der Waals surface area contributed by atoms with Crippen LogP contribution in [-0.2, 0) is 14.6 Å². The van der Waals surface area contributed by atoms with E-state index >= 15 is 0 Å². The van der Waals surface area contributed by atoms with Gasteiger partial charge in [-0.15, -0.1) is 0 Å². The van der Waals surface area contributed by atoms with Crippen LogP contribution in [0.25, 0.3) is 0 Å². The van der Waals surface area contributed by atoms with Gasteiger partial charge in [0.2, 0.25) is 5.91 Å². The predicted octanol–water partition coefficient (Wildman–Crippen LogP) is 1.87. The van der Waals surface area contributed by atoms with Gasteiger partial charge in [-0.05, 0) is 37.6 Å². The van der Waals surface area contributed by atoms with E-state index in [0.717, 1.165) is 0 Å². The lowest BCUT2D eigenvalue weighted by Gasteiger charge is -2.12. The van der Waals surface area contributed by atoms with Crippen LogP contribution >= 0.6 is 0 Å². The standard InChI is InChI=1S/C13H15FN2O3S/c1-10(20(18,19)9-3-2-8-15)13(17)16-12-6-4-11(14)5-7-12/h4-7,10H,2-3,9H2,1H3,(H,16,17). The van der Waals surface area contributed by atoms with E-state index < -0.39 is 26.8 Å². The fourth-order valence-electron chi connectivity index (χ4n) is 1.47. The van der Waals surface area contributed by atoms with E-state index in [1.807, 2.05) is 6.07 Å². The Balaban J connectivity index is 2.67. The number of anilines is 1. The van der Waals surface area contributed by atoms with E-state index in [2.05, 4.69) is 5.32 Å². The van der Waals surface area contributed by atoms with E-state index in [1.54, 1.807) is 0 Å². The number of sulfone groups is 1. The van der Waals surface area contributed by atoms with Crippen molar-refractivity contribution in [3.05, 3.63) is 30.1 Å². The maximum atomic E-state index is 12.7. The second-order valence-electron chi connectivity index (χ2n) is 4.27. The van der Waals surface area contributed by atoms with Gasteiger partial charge >= 0.3 is 0 Å². The molecule has 7 heteroatoms. The van der Waals surface area contributed by atoms with E-state index in [-0.39, 0.29) is 18.6 Å². The van der Waals surface area contributed by atoms with Gasteiger partial charge in [0.25, 0.3) is 0 Å². The lowest BCUT2D eigenvalue weighted by Crippen LogP contribution is -2.34. The predicted molar refractivity (Wildman–Crippen MR) is 73.1 cm³/mol. The van der Waals surface area contributed by atoms with Gasteiger partial charge in [-0.2, -0.15) is 5.26 Å². The lowest BCUT2D eigenvalue weighted by molar-refractivity contribution is -0.115. The SMILES string of the molecule is CC(C(=O)Nc1ccc(F)cc1)S(=O)(=O)CCCC#N. The highest BCUT2D eigenvalue weighted by Gasteiger charge is 2.27. The number of carbonyl (C=O) groups excluding carboxylic acids is 1. The first-order chi connectivity index (χ1) is 9.36. The van der Waals surface area contributed by atoms with Crippen molar-refractivity contribution < 1.29 is 17.6 Å². The highest BCUT2D eigenvalue weighted by atomic mass is 32.2. The maximum absolute atomic E-state index is 12.7. The molecular weight excluding hydrogens is 283 g/mol. The number of hydrogen-bond donors (Lipinski definition) is 1. The molecule has 20 heavy (non-hydrogen) atoms. The Labute approximate surface area is 117 Å². The van der Waals surface area contributed by atoms with Crippen molar-refractivity contribution in [1.29, 1.82) is 5.26 Å². The Kier molecular flexibility index (Phi) is 5.65. The van der Waals surface area contributed by atoms with Crippen molar-refractivity contribution >= 4 is 21.4 Å². The largest absolute Gasteiger partial charge is 0.325 e. The maximum Gasteiger partial charge on any atom is 0.242 e. The van der Waals surface area contributed by atoms with Crippen LogP contribution in [-0.4, -0.2) is 25.3 Å². The molecule has 1 rings (SSSR count). The van der Waals surface area contributed by atoms with Crippen molar-refractivity contribution in [3.63, 3.8) is 0 Å². The topological polar surface area (TPSA) is 87.0 Å². The molecule has 1 amide bonds. The minimum absolute atomic E-state index is 0.130. The molecule has 1 N–H and O–H groups in total. The molecule has 0 bridgehead atoms. The van der Waals surface area contributed by atoms with Crippen LogP contribution in [0.15, 0.2) is 24.3 Å². The summed E-state index contributed by atoms with van der Waals surface area (Å²) >= 11 is 0. The molecule has 1 atom stereocenters. The number of amides is 1. The van der Waals surface area contributed by atoms with Gasteiger partial charge in [-0.1, -0.05) is 0 Å². The van der Waals surface area contributed by atoms with Crippen molar-refractivity contribution in [2.45, 2.75) is 25.0 Å². The molecule has 1 aromatic rings. The van der Waals surface area contributed by atoms with Crippen LogP contribution in [0.4, 0.5) is 10.1 Å². The number of nitriles is 1. The summed E-state index contributed by atoms with van der Waals surface area (Å²) in [5.41, 5.74) is 0.329. The van der Waals surface area contributed by atoms with Crippen molar-refractivity contribution in [2.24, 2.45) is 0 Å². The third-order valence-electron chi connectivity index (χ3n) is 2.74. The molecule has 0 radical (unpaired) electrons. The first kappa shape index (κ1) is 16.1. The molecular formula is C13H15FN2O3S. The Bertz CT molecular complexity index is 605. The van der Waals surface area contributed by atoms with Gasteiger partial charge in [0, 0.05) is 12.1 Å². The fourth-order valence-corrected chi connectivity index (χ4v) is 2.75. The highest BCUT2D eigenvalue weighted by molar-refractivity contribution is 7.92. The molecule has 0 heterocycles. The lowest BCUT2D eigenvalue weighted by atomic mass is 10.3. The van der Waals surface area contributed by atoms with Gasteiger partial charge < -0.3 is 5.32 Å². The van der Waals surface area contributed by atoms with Gasteiger partial charge in [-0.25, -0.2) is 12.8 Å². The molecule has 1 aromatic carbocycles. The zero-order chi connectivity index (χ0) is 15.2. The zero-order valence-electron chi connectivity index (χ0n) is 11.0. The summed E-state index contributed by atoms with van der Waals surface area (Å²) in [5.74, 6) is -1.33. The number of rotatable bonds is 6. The van der Waals surface area contributed by atoms with Gasteiger partial charge in [0.1, 0.15) is 11.1 Å². The number of nitrogens with zero attached hydrogens (tertiary/aromatic N) is 1. The van der Waals surface area contributed by atoms with Gasteiger partial charge in [0.15, 0.2) is 9.84 Å². The number of hydrogen-bond acceptors (Lipinski definition) is 4. The molecule has 0 aliphatic heterocycles. The average Bonchev–Trinajstić information content (AvgIpc) is 2.40. The first-order valence-electron chi connectivity index (χ1n) is 6.02. The monoisotopic (exact) mass is 298 g/mol. The van der Waals surface area contributed by atoms with Crippen LogP contribution in [0.5, 0.6) is 0 Å². The van der Waals surface area contributed by atoms with Crippen LogP contribution < -0.4 is 5.32 Å². The summed E-state index contributed by atoms with van der Waals surface area (Å²) in [6.45, 7) is 1.29. The summed E-state index contributed by atoms with van der Waals surface area (Å²) in [5, 5.41) is 9.57. The van der Waals surface area contributed by atoms with Crippen LogP contribution in [0.2, 0.25) is 0 Å². The molecule has 0 saturated heterocycles. The summed E-state index contributed by atoms with van der Waals surface area (Å²) in [7, 11) is -3.60. The summed E-state index contributed by atoms with van der Waals surface area (Å²) in [6, 6.07) is 6.89. The summed E-state index contributed by atoms with van der Waals surface area (Å²) in [4.78, 5) is 11.8.